The van der Waals surface area contributed by atoms with E-state index in [2.05, 4.69) is 0 Å². The number of carbonyl (C=O) groups excluding carboxylic acids is 5. The highest BCUT2D eigenvalue weighted by Crippen LogP contribution is 2.62. The van der Waals surface area contributed by atoms with Crippen molar-refractivity contribution in [3.05, 3.63) is 51.6 Å². The number of fused-ring (bicyclic) bond motifs is 7. The van der Waals surface area contributed by atoms with Crippen molar-refractivity contribution >= 4 is 35.8 Å². The number of benzene rings is 5. The molecule has 5 aromatic rings. The van der Waals surface area contributed by atoms with Gasteiger partial charge in [0.25, 0.3) is 0 Å². The second-order valence-corrected chi connectivity index (χ2v) is 15.4. The molecule has 0 radical (unpaired) electrons. The summed E-state index contributed by atoms with van der Waals surface area (Å²) in [6.45, 7) is -1.58. The summed E-state index contributed by atoms with van der Waals surface area (Å²) < 4.78 is 27.8. The summed E-state index contributed by atoms with van der Waals surface area (Å²) in [6.07, 6.45) is -11.3. The van der Waals surface area contributed by atoms with E-state index < -0.39 is 226 Å². The van der Waals surface area contributed by atoms with Crippen LogP contribution in [0, 0.1) is 0 Å². The Balaban J connectivity index is 1.46. The highest BCUT2D eigenvalue weighted by molar-refractivity contribution is 6.17. The summed E-state index contributed by atoms with van der Waals surface area (Å²) in [4.78, 5) is 86.2. The van der Waals surface area contributed by atoms with E-state index in [-0.39, 0.29) is 0 Å². The zero-order valence-corrected chi connectivity index (χ0v) is 33.5. The summed E-state index contributed by atoms with van der Waals surface area (Å²) in [5, 5.41) is 176. The third kappa shape index (κ3) is 5.92. The van der Waals surface area contributed by atoms with Crippen molar-refractivity contribution in [2.45, 2.75) is 30.3 Å². The minimum Gasteiger partial charge on any atom is -0.504 e. The average molecular weight is 963 g/mol. The molecule has 5 heterocycles. The van der Waals surface area contributed by atoms with Gasteiger partial charge in [-0.3, -0.25) is 4.79 Å². The maximum absolute atomic E-state index is 15.1. The minimum atomic E-state index is -2.93. The molecule has 0 spiro atoms. The number of carbonyl (C=O) groups is 6. The summed E-state index contributed by atoms with van der Waals surface area (Å²) >= 11 is 0. The molecule has 0 aromatic heterocycles. The van der Waals surface area contributed by atoms with Gasteiger partial charge < -0.3 is 105 Å². The molecule has 6 bridgehead atoms. The topological polar surface area (TPSA) is 472 Å². The summed E-state index contributed by atoms with van der Waals surface area (Å²) in [7, 11) is 0. The summed E-state index contributed by atoms with van der Waals surface area (Å²) in [5.74, 6) is -38.1. The van der Waals surface area contributed by atoms with Crippen LogP contribution in [0.2, 0.25) is 0 Å². The average Bonchev–Trinajstić information content (AvgIpc) is 3.32. The summed E-state index contributed by atoms with van der Waals surface area (Å²) in [6, 6.07) is 0.980. The van der Waals surface area contributed by atoms with Gasteiger partial charge in [0.15, 0.2) is 81.9 Å². The molecule has 5 unspecified atom stereocenters. The molecule has 16 N–H and O–H groups in total. The van der Waals surface area contributed by atoms with Crippen LogP contribution in [-0.4, -0.2) is 149 Å². The Morgan fingerprint density at radius 2 is 0.739 bits per heavy atom. The van der Waals surface area contributed by atoms with Crippen LogP contribution in [0.4, 0.5) is 0 Å². The van der Waals surface area contributed by atoms with Crippen LogP contribution in [0.5, 0.6) is 86.2 Å². The largest absolute Gasteiger partial charge is 0.504 e. The van der Waals surface area contributed by atoms with Crippen molar-refractivity contribution in [3.8, 4) is 120 Å². The van der Waals surface area contributed by atoms with Gasteiger partial charge in [-0.2, -0.15) is 0 Å². The van der Waals surface area contributed by atoms with Gasteiger partial charge in [0, 0.05) is 38.9 Å². The third-order valence-corrected chi connectivity index (χ3v) is 11.7. The number of aliphatic carboxylic acids is 1. The fourth-order valence-electron chi connectivity index (χ4n) is 8.68. The zero-order valence-electron chi connectivity index (χ0n) is 33.5. The Labute approximate surface area is 377 Å². The molecule has 27 heteroatoms. The van der Waals surface area contributed by atoms with Crippen LogP contribution in [0.1, 0.15) is 63.3 Å². The Morgan fingerprint density at radius 1 is 0.377 bits per heavy atom. The fraction of sp³-hybridized carbons (Fsp3) is 0.143. The van der Waals surface area contributed by atoms with Crippen molar-refractivity contribution in [1.29, 1.82) is 0 Å². The quantitative estimate of drug-likeness (QED) is 0.0642. The van der Waals surface area contributed by atoms with E-state index >= 15 is 4.79 Å². The summed E-state index contributed by atoms with van der Waals surface area (Å²) in [5.41, 5.74) is -15.7. The van der Waals surface area contributed by atoms with Crippen molar-refractivity contribution in [2.75, 3.05) is 6.61 Å². The van der Waals surface area contributed by atoms with E-state index in [0.717, 1.165) is 0 Å². The SMILES string of the molecule is O=C1OCC2OC(=O)c3cc(O)c(O)c(O)c3-c3c(O)c(O)c(O)c4c3C(=O)OC(C2OC(=O)c2cc(O)c(O)c(O)c2-c2c1cc(O)c(O)c2O)C1OC(=O)c2c-4c(O)c(O)c(O)c2C1C(=O)O. The number of rotatable bonds is 1. The van der Waals surface area contributed by atoms with E-state index in [1.165, 1.54) is 0 Å². The van der Waals surface area contributed by atoms with Crippen LogP contribution in [0.15, 0.2) is 18.2 Å². The molecular formula is C42H26O27. The molecule has 5 aliphatic rings. The van der Waals surface area contributed by atoms with E-state index in [0.29, 0.717) is 18.2 Å². The molecular weight excluding hydrogens is 936 g/mol. The maximum atomic E-state index is 15.1. The molecule has 356 valence electrons. The Morgan fingerprint density at radius 3 is 1.23 bits per heavy atom. The third-order valence-electron chi connectivity index (χ3n) is 11.7. The Bertz CT molecular complexity index is 3300. The number of aromatic hydroxyl groups is 15. The van der Waals surface area contributed by atoms with Crippen LogP contribution >= 0.6 is 0 Å². The van der Waals surface area contributed by atoms with Crippen LogP contribution < -0.4 is 0 Å². The Kier molecular flexibility index (Phi) is 9.41. The number of carboxylic acids is 1. The monoisotopic (exact) mass is 962 g/mol. The van der Waals surface area contributed by atoms with Crippen LogP contribution in [-0.2, 0) is 28.5 Å². The molecule has 0 aliphatic carbocycles. The number of cyclic esters (lactones) is 1. The van der Waals surface area contributed by atoms with Crippen molar-refractivity contribution in [2.24, 2.45) is 0 Å². The van der Waals surface area contributed by atoms with Crippen molar-refractivity contribution in [3.63, 3.8) is 0 Å². The lowest BCUT2D eigenvalue weighted by Gasteiger charge is -2.41. The lowest BCUT2D eigenvalue weighted by molar-refractivity contribution is -0.156. The smallest absolute Gasteiger partial charge is 0.340 e. The highest BCUT2D eigenvalue weighted by atomic mass is 16.6. The van der Waals surface area contributed by atoms with Crippen molar-refractivity contribution < 1.29 is 134 Å². The first-order chi connectivity index (χ1) is 32.4. The molecule has 0 saturated heterocycles. The van der Waals surface area contributed by atoms with Gasteiger partial charge in [-0.05, 0) is 18.2 Å². The van der Waals surface area contributed by atoms with Gasteiger partial charge >= 0.3 is 35.8 Å². The molecule has 0 saturated carbocycles. The predicted molar refractivity (Wildman–Crippen MR) is 212 cm³/mol. The number of phenolic OH excluding ortho intramolecular Hbond substituents is 15. The number of esters is 5. The maximum Gasteiger partial charge on any atom is 0.340 e. The zero-order chi connectivity index (χ0) is 50.3. The van der Waals surface area contributed by atoms with E-state index in [4.69, 9.17) is 23.7 Å². The Hall–Kier alpha value is -10.1. The van der Waals surface area contributed by atoms with E-state index in [9.17, 15) is 106 Å². The number of hydrogen-bond donors (Lipinski definition) is 16. The van der Waals surface area contributed by atoms with Crippen LogP contribution in [0.3, 0.4) is 0 Å². The first-order valence-corrected chi connectivity index (χ1v) is 19.1. The molecule has 5 aromatic carbocycles. The first kappa shape index (κ1) is 44.1. The van der Waals surface area contributed by atoms with Gasteiger partial charge in [-0.1, -0.05) is 0 Å². The molecule has 0 fully saturated rings. The second kappa shape index (κ2) is 14.7. The van der Waals surface area contributed by atoms with Gasteiger partial charge in [0.05, 0.1) is 27.8 Å². The molecule has 69 heavy (non-hydrogen) atoms. The van der Waals surface area contributed by atoms with Crippen LogP contribution in [0.25, 0.3) is 33.4 Å². The predicted octanol–water partition coefficient (Wildman–Crippen LogP) is 1.45. The van der Waals surface area contributed by atoms with Gasteiger partial charge in [-0.25, -0.2) is 24.0 Å². The molecule has 27 nitrogen and oxygen atoms in total. The lowest BCUT2D eigenvalue weighted by atomic mass is 9.77. The number of hydrogen-bond acceptors (Lipinski definition) is 26. The normalized spacial score (nSPS) is 20.2. The first-order valence-electron chi connectivity index (χ1n) is 19.1. The standard InChI is InChI=1S/C42H26O27/c43-8-1-5-12(25(49)22(8)46)13-6(2-9(44)23(47)26(13)50)40(62)67-34-11(4-65-38(5)60)66-39(61)7-3-10(45)24(48)27(51)14(7)15-19-16(29(53)32(56)28(15)52)17-20-18(31(55)33(57)30(17)54)21(37(58)59)35(68-41(20)63)36(34)69-42(19)64/h1-3,11,21,34-36,43-57H,4H2,(H,58,59). The fourth-order valence-corrected chi connectivity index (χ4v) is 8.68. The van der Waals surface area contributed by atoms with Crippen molar-refractivity contribution in [1.82, 2.24) is 0 Å². The van der Waals surface area contributed by atoms with Gasteiger partial charge in [0.2, 0.25) is 28.7 Å². The van der Waals surface area contributed by atoms with E-state index in [1.807, 2.05) is 0 Å². The molecule has 5 atom stereocenters. The second-order valence-electron chi connectivity index (χ2n) is 15.4. The molecule has 10 rings (SSSR count). The van der Waals surface area contributed by atoms with E-state index in [1.54, 1.807) is 0 Å². The number of carboxylic acid groups (broad SMARTS) is 1. The van der Waals surface area contributed by atoms with Gasteiger partial charge in [0.1, 0.15) is 12.5 Å². The molecule has 0 amide bonds. The number of phenols is 15. The number of ether oxygens (including phenoxy) is 5. The lowest BCUT2D eigenvalue weighted by Crippen LogP contribution is -2.57. The van der Waals surface area contributed by atoms with Gasteiger partial charge in [-0.15, -0.1) is 0 Å². The highest BCUT2D eigenvalue weighted by Gasteiger charge is 2.57. The molecule has 5 aliphatic heterocycles. The minimum absolute atomic E-state index is 0.292.